The molecular weight excluding hydrogens is 331 g/mol. The molecule has 0 saturated carbocycles. The molecule has 0 bridgehead atoms. The second-order valence-corrected chi connectivity index (χ2v) is 6.05. The minimum atomic E-state index is -1.01. The maximum absolute atomic E-state index is 14.3. The molecule has 0 atom stereocenters. The third kappa shape index (κ3) is 3.78. The van der Waals surface area contributed by atoms with Crippen LogP contribution in [0.25, 0.3) is 0 Å². The van der Waals surface area contributed by atoms with Gasteiger partial charge in [-0.2, -0.15) is 15.1 Å². The van der Waals surface area contributed by atoms with E-state index in [1.165, 1.54) is 0 Å². The highest BCUT2D eigenvalue weighted by Gasteiger charge is 2.29. The summed E-state index contributed by atoms with van der Waals surface area (Å²) in [5, 5.41) is 5.78. The molecule has 0 saturated heterocycles. The predicted octanol–water partition coefficient (Wildman–Crippen LogP) is 3.82. The third-order valence-electron chi connectivity index (χ3n) is 4.02. The van der Waals surface area contributed by atoms with E-state index in [9.17, 15) is 13.2 Å². The SMILES string of the molecule is CNCCCN1Cc2cc(C)ccc2N(c2c(F)cc(F)cc2F)O1. The Morgan fingerprint density at radius 3 is 2.52 bits per heavy atom. The number of benzene rings is 2. The van der Waals surface area contributed by atoms with Crippen molar-refractivity contribution in [1.29, 1.82) is 0 Å². The first-order valence-electron chi connectivity index (χ1n) is 8.11. The van der Waals surface area contributed by atoms with Crippen molar-refractivity contribution in [2.75, 3.05) is 25.2 Å². The molecule has 1 aliphatic rings. The van der Waals surface area contributed by atoms with Crippen LogP contribution in [0.3, 0.4) is 0 Å². The second kappa shape index (κ2) is 7.43. The minimum Gasteiger partial charge on any atom is -0.320 e. The molecule has 4 nitrogen and oxygen atoms in total. The van der Waals surface area contributed by atoms with Gasteiger partial charge in [-0.05, 0) is 38.6 Å². The molecule has 1 heterocycles. The van der Waals surface area contributed by atoms with Crippen molar-refractivity contribution in [2.45, 2.75) is 19.9 Å². The molecule has 1 aliphatic heterocycles. The van der Waals surface area contributed by atoms with Crippen molar-refractivity contribution < 1.29 is 18.1 Å². The number of rotatable bonds is 5. The molecule has 7 heteroatoms. The largest absolute Gasteiger partial charge is 0.320 e. The summed E-state index contributed by atoms with van der Waals surface area (Å²) in [4.78, 5) is 5.72. The maximum Gasteiger partial charge on any atom is 0.155 e. The molecule has 0 amide bonds. The first-order chi connectivity index (χ1) is 12.0. The van der Waals surface area contributed by atoms with E-state index in [1.807, 2.05) is 26.1 Å². The summed E-state index contributed by atoms with van der Waals surface area (Å²) in [6.07, 6.45) is 0.805. The number of hydrogen-bond donors (Lipinski definition) is 1. The van der Waals surface area contributed by atoms with Gasteiger partial charge < -0.3 is 5.32 Å². The topological polar surface area (TPSA) is 27.7 Å². The average Bonchev–Trinajstić information content (AvgIpc) is 2.53. The molecule has 0 spiro atoms. The highest BCUT2D eigenvalue weighted by Crippen LogP contribution is 2.38. The van der Waals surface area contributed by atoms with Crippen LogP contribution in [0.2, 0.25) is 0 Å². The lowest BCUT2D eigenvalue weighted by molar-refractivity contribution is -0.177. The van der Waals surface area contributed by atoms with Gasteiger partial charge >= 0.3 is 0 Å². The molecule has 0 aromatic heterocycles. The monoisotopic (exact) mass is 351 g/mol. The Kier molecular flexibility index (Phi) is 5.27. The van der Waals surface area contributed by atoms with Crippen LogP contribution in [-0.4, -0.2) is 25.2 Å². The summed E-state index contributed by atoms with van der Waals surface area (Å²) < 4.78 is 41.8. The van der Waals surface area contributed by atoms with E-state index >= 15 is 0 Å². The molecule has 2 aromatic carbocycles. The summed E-state index contributed by atoms with van der Waals surface area (Å²) >= 11 is 0. The number of nitrogens with zero attached hydrogens (tertiary/aromatic N) is 2. The maximum atomic E-state index is 14.3. The van der Waals surface area contributed by atoms with E-state index in [-0.39, 0.29) is 0 Å². The summed E-state index contributed by atoms with van der Waals surface area (Å²) in [5.74, 6) is -2.99. The number of halogens is 3. The number of aryl methyl sites for hydroxylation is 1. The Morgan fingerprint density at radius 2 is 1.84 bits per heavy atom. The lowest BCUT2D eigenvalue weighted by Gasteiger charge is -2.36. The summed E-state index contributed by atoms with van der Waals surface area (Å²) in [5.41, 5.74) is 2.04. The molecule has 0 fully saturated rings. The lowest BCUT2D eigenvalue weighted by atomic mass is 10.1. The van der Waals surface area contributed by atoms with Crippen molar-refractivity contribution in [3.05, 3.63) is 58.9 Å². The minimum absolute atomic E-state index is 0.426. The van der Waals surface area contributed by atoms with Crippen molar-refractivity contribution in [3.8, 4) is 0 Å². The van der Waals surface area contributed by atoms with Crippen molar-refractivity contribution in [3.63, 3.8) is 0 Å². The third-order valence-corrected chi connectivity index (χ3v) is 4.02. The molecule has 0 radical (unpaired) electrons. The van der Waals surface area contributed by atoms with E-state index in [1.54, 1.807) is 11.1 Å². The van der Waals surface area contributed by atoms with Gasteiger partial charge in [0.05, 0.1) is 12.2 Å². The van der Waals surface area contributed by atoms with Crippen molar-refractivity contribution in [2.24, 2.45) is 0 Å². The lowest BCUT2D eigenvalue weighted by Crippen LogP contribution is -2.39. The van der Waals surface area contributed by atoms with Crippen molar-refractivity contribution >= 4 is 11.4 Å². The fourth-order valence-corrected chi connectivity index (χ4v) is 2.86. The first kappa shape index (κ1) is 17.7. The van der Waals surface area contributed by atoms with E-state index in [4.69, 9.17) is 4.94 Å². The van der Waals surface area contributed by atoms with Crippen LogP contribution >= 0.6 is 0 Å². The zero-order valence-corrected chi connectivity index (χ0v) is 14.2. The normalized spacial score (nSPS) is 14.7. The van der Waals surface area contributed by atoms with Gasteiger partial charge in [-0.25, -0.2) is 13.2 Å². The van der Waals surface area contributed by atoms with Crippen molar-refractivity contribution in [1.82, 2.24) is 10.4 Å². The molecule has 1 N–H and O–H groups in total. The zero-order chi connectivity index (χ0) is 18.0. The van der Waals surface area contributed by atoms with Crippen LogP contribution in [-0.2, 0) is 11.5 Å². The Morgan fingerprint density at radius 1 is 1.12 bits per heavy atom. The summed E-state index contributed by atoms with van der Waals surface area (Å²) in [6.45, 7) is 3.82. The summed E-state index contributed by atoms with van der Waals surface area (Å²) in [6, 6.07) is 6.84. The van der Waals surface area contributed by atoms with Crippen LogP contribution in [0, 0.1) is 24.4 Å². The van der Waals surface area contributed by atoms with Gasteiger partial charge in [0.25, 0.3) is 0 Å². The fraction of sp³-hybridized carbons (Fsp3) is 0.333. The number of hydrogen-bond acceptors (Lipinski definition) is 4. The van der Waals surface area contributed by atoms with Gasteiger partial charge in [-0.3, -0.25) is 0 Å². The van der Waals surface area contributed by atoms with Crippen LogP contribution in [0.1, 0.15) is 17.5 Å². The van der Waals surface area contributed by atoms with E-state index < -0.39 is 23.1 Å². The van der Waals surface area contributed by atoms with Gasteiger partial charge in [0.15, 0.2) is 11.6 Å². The number of anilines is 2. The molecule has 0 unspecified atom stereocenters. The fourth-order valence-electron chi connectivity index (χ4n) is 2.86. The first-order valence-corrected chi connectivity index (χ1v) is 8.11. The van der Waals surface area contributed by atoms with Gasteiger partial charge in [-0.15, -0.1) is 0 Å². The Bertz CT molecular complexity index is 746. The van der Waals surface area contributed by atoms with Gasteiger partial charge in [0.2, 0.25) is 0 Å². The Balaban J connectivity index is 2.00. The predicted molar refractivity (Wildman–Crippen MR) is 89.7 cm³/mol. The average molecular weight is 351 g/mol. The van der Waals surface area contributed by atoms with Crippen LogP contribution < -0.4 is 10.4 Å². The van der Waals surface area contributed by atoms with Gasteiger partial charge in [0.1, 0.15) is 11.5 Å². The quantitative estimate of drug-likeness (QED) is 0.829. The van der Waals surface area contributed by atoms with E-state index in [0.29, 0.717) is 30.9 Å². The van der Waals surface area contributed by atoms with Gasteiger partial charge in [0, 0.05) is 18.7 Å². The number of hydroxylamine groups is 2. The van der Waals surface area contributed by atoms with E-state index in [2.05, 4.69) is 5.32 Å². The van der Waals surface area contributed by atoms with Crippen LogP contribution in [0.15, 0.2) is 30.3 Å². The molecule has 25 heavy (non-hydrogen) atoms. The molecule has 2 aromatic rings. The van der Waals surface area contributed by atoms with Crippen LogP contribution in [0.5, 0.6) is 0 Å². The second-order valence-electron chi connectivity index (χ2n) is 6.05. The summed E-state index contributed by atoms with van der Waals surface area (Å²) in [7, 11) is 1.85. The smallest absolute Gasteiger partial charge is 0.155 e. The molecule has 134 valence electrons. The Hall–Kier alpha value is -2.09. The molecule has 0 aliphatic carbocycles. The number of fused-ring (bicyclic) bond motifs is 1. The van der Waals surface area contributed by atoms with Gasteiger partial charge in [-0.1, -0.05) is 17.7 Å². The standard InChI is InChI=1S/C18H20F3N3O/c1-12-4-5-17-13(8-12)11-23(7-3-6-22-2)25-24(17)18-15(20)9-14(19)10-16(18)21/h4-5,8-10,22H,3,6-7,11H2,1-2H3. The van der Waals surface area contributed by atoms with Crippen LogP contribution in [0.4, 0.5) is 24.5 Å². The highest BCUT2D eigenvalue weighted by molar-refractivity contribution is 5.66. The number of nitrogens with one attached hydrogen (secondary N) is 1. The van der Waals surface area contributed by atoms with E-state index in [0.717, 1.165) is 29.2 Å². The zero-order valence-electron chi connectivity index (χ0n) is 14.2. The molecule has 3 rings (SSSR count). The Labute approximate surface area is 144 Å². The molecular formula is C18H20F3N3O. The highest BCUT2D eigenvalue weighted by atomic mass is 19.1.